The normalized spacial score (nSPS) is 16.0. The minimum atomic E-state index is -0.505. The summed E-state index contributed by atoms with van der Waals surface area (Å²) in [6.07, 6.45) is 3.39. The minimum Gasteiger partial charge on any atom is -0.381 e. The Morgan fingerprint density at radius 2 is 2.00 bits per heavy atom. The number of rotatable bonds is 4. The first-order valence-corrected chi connectivity index (χ1v) is 6.85. The second kappa shape index (κ2) is 9.84. The minimum absolute atomic E-state index is 0. The molecule has 2 heterocycles. The van der Waals surface area contributed by atoms with E-state index in [0.717, 1.165) is 18.5 Å². The lowest BCUT2D eigenvalue weighted by Gasteiger charge is -2.26. The largest absolute Gasteiger partial charge is 0.381 e. The standard InChI is InChI=1S/C14H22N4O2.2ClH/c1-18(2)11-3-4-12(16-9-11)17-14(19)13(15)10-5-7-20-8-6-10;;/h3-4,9-10,13H,5-8,15H2,1-2H3,(H,16,17,19);2*1H. The van der Waals surface area contributed by atoms with Crippen molar-refractivity contribution in [1.29, 1.82) is 0 Å². The fourth-order valence-corrected chi connectivity index (χ4v) is 2.22. The van der Waals surface area contributed by atoms with E-state index in [1.807, 2.05) is 25.1 Å². The summed E-state index contributed by atoms with van der Waals surface area (Å²) in [5.41, 5.74) is 7.00. The molecule has 1 unspecified atom stereocenters. The quantitative estimate of drug-likeness (QED) is 0.863. The molecule has 1 aromatic rings. The Hall–Kier alpha value is -1.08. The highest BCUT2D eigenvalue weighted by Crippen LogP contribution is 2.19. The lowest BCUT2D eigenvalue weighted by molar-refractivity contribution is -0.119. The lowest BCUT2D eigenvalue weighted by Crippen LogP contribution is -2.44. The number of nitrogens with one attached hydrogen (secondary N) is 1. The van der Waals surface area contributed by atoms with Gasteiger partial charge in [-0.2, -0.15) is 0 Å². The van der Waals surface area contributed by atoms with E-state index in [9.17, 15) is 4.79 Å². The Morgan fingerprint density at radius 1 is 1.36 bits per heavy atom. The van der Waals surface area contributed by atoms with Gasteiger partial charge in [-0.15, -0.1) is 24.8 Å². The van der Waals surface area contributed by atoms with Gasteiger partial charge >= 0.3 is 0 Å². The van der Waals surface area contributed by atoms with E-state index in [1.54, 1.807) is 12.3 Å². The zero-order chi connectivity index (χ0) is 14.5. The number of ether oxygens (including phenoxy) is 1. The zero-order valence-corrected chi connectivity index (χ0v) is 14.5. The van der Waals surface area contributed by atoms with Crippen LogP contribution in [0.25, 0.3) is 0 Å². The van der Waals surface area contributed by atoms with Gasteiger partial charge in [-0.1, -0.05) is 0 Å². The molecule has 1 aromatic heterocycles. The van der Waals surface area contributed by atoms with Crippen LogP contribution in [0.2, 0.25) is 0 Å². The SMILES string of the molecule is CN(C)c1ccc(NC(=O)C(N)C2CCOCC2)nc1.Cl.Cl. The molecule has 3 N–H and O–H groups in total. The second-order valence-corrected chi connectivity index (χ2v) is 5.26. The number of pyridine rings is 1. The van der Waals surface area contributed by atoms with E-state index in [4.69, 9.17) is 10.5 Å². The smallest absolute Gasteiger partial charge is 0.242 e. The van der Waals surface area contributed by atoms with Crippen molar-refractivity contribution >= 4 is 42.2 Å². The Morgan fingerprint density at radius 3 is 2.50 bits per heavy atom. The molecule has 1 fully saturated rings. The number of aromatic nitrogens is 1. The van der Waals surface area contributed by atoms with E-state index in [1.165, 1.54) is 0 Å². The van der Waals surface area contributed by atoms with Crippen LogP contribution in [0.15, 0.2) is 18.3 Å². The predicted molar refractivity (Wildman–Crippen MR) is 93.2 cm³/mol. The first-order valence-electron chi connectivity index (χ1n) is 6.85. The van der Waals surface area contributed by atoms with Gasteiger partial charge in [0.1, 0.15) is 5.82 Å². The summed E-state index contributed by atoms with van der Waals surface area (Å²) >= 11 is 0. The average Bonchev–Trinajstić information content (AvgIpc) is 2.48. The Kier molecular flexibility index (Phi) is 9.36. The van der Waals surface area contributed by atoms with E-state index in [2.05, 4.69) is 10.3 Å². The number of hydrogen-bond donors (Lipinski definition) is 2. The summed E-state index contributed by atoms with van der Waals surface area (Å²) < 4.78 is 5.28. The number of nitrogens with zero attached hydrogens (tertiary/aromatic N) is 2. The molecule has 1 atom stereocenters. The monoisotopic (exact) mass is 350 g/mol. The fraction of sp³-hybridized carbons (Fsp3) is 0.571. The van der Waals surface area contributed by atoms with Gasteiger partial charge in [0.05, 0.1) is 17.9 Å². The van der Waals surface area contributed by atoms with Crippen molar-refractivity contribution in [2.24, 2.45) is 11.7 Å². The molecule has 0 saturated carbocycles. The Balaban J connectivity index is 0.00000220. The molecular formula is C14H24Cl2N4O2. The topological polar surface area (TPSA) is 80.5 Å². The number of amides is 1. The third kappa shape index (κ3) is 5.61. The van der Waals surface area contributed by atoms with Gasteiger partial charge < -0.3 is 20.7 Å². The number of nitrogens with two attached hydrogens (primary N) is 1. The third-order valence-corrected chi connectivity index (χ3v) is 3.59. The number of carbonyl (C=O) groups is 1. The molecule has 2 rings (SSSR count). The Labute approximate surface area is 143 Å². The van der Waals surface area contributed by atoms with Crippen molar-refractivity contribution in [1.82, 2.24) is 4.98 Å². The van der Waals surface area contributed by atoms with E-state index >= 15 is 0 Å². The lowest BCUT2D eigenvalue weighted by atomic mass is 9.92. The van der Waals surface area contributed by atoms with Gasteiger partial charge in [-0.05, 0) is 30.9 Å². The van der Waals surface area contributed by atoms with Crippen LogP contribution in [0, 0.1) is 5.92 Å². The number of halogens is 2. The third-order valence-electron chi connectivity index (χ3n) is 3.59. The predicted octanol–water partition coefficient (Wildman–Crippen LogP) is 1.68. The maximum absolute atomic E-state index is 12.1. The highest BCUT2D eigenvalue weighted by atomic mass is 35.5. The molecule has 0 radical (unpaired) electrons. The summed E-state index contributed by atoms with van der Waals surface area (Å²) in [5.74, 6) is 0.537. The van der Waals surface area contributed by atoms with E-state index in [-0.39, 0.29) is 36.6 Å². The first kappa shape index (κ1) is 20.9. The van der Waals surface area contributed by atoms with Crippen LogP contribution in [-0.4, -0.2) is 44.2 Å². The van der Waals surface area contributed by atoms with Gasteiger partial charge in [0.25, 0.3) is 0 Å². The van der Waals surface area contributed by atoms with Crippen LogP contribution < -0.4 is 16.0 Å². The van der Waals surface area contributed by atoms with Crippen molar-refractivity contribution in [3.05, 3.63) is 18.3 Å². The van der Waals surface area contributed by atoms with Crippen LogP contribution in [0.3, 0.4) is 0 Å². The molecule has 126 valence electrons. The molecule has 1 amide bonds. The van der Waals surface area contributed by atoms with Gasteiger partial charge in [-0.25, -0.2) is 4.98 Å². The molecular weight excluding hydrogens is 327 g/mol. The molecule has 22 heavy (non-hydrogen) atoms. The summed E-state index contributed by atoms with van der Waals surface area (Å²) in [6.45, 7) is 1.36. The summed E-state index contributed by atoms with van der Waals surface area (Å²) in [5, 5.41) is 2.77. The van der Waals surface area contributed by atoms with Crippen LogP contribution in [-0.2, 0) is 9.53 Å². The summed E-state index contributed by atoms with van der Waals surface area (Å²) in [4.78, 5) is 18.3. The molecule has 6 nitrogen and oxygen atoms in total. The molecule has 1 aliphatic heterocycles. The molecule has 0 aliphatic carbocycles. The molecule has 0 bridgehead atoms. The molecule has 0 aromatic carbocycles. The van der Waals surface area contributed by atoms with E-state index < -0.39 is 6.04 Å². The zero-order valence-electron chi connectivity index (χ0n) is 12.8. The number of anilines is 2. The second-order valence-electron chi connectivity index (χ2n) is 5.26. The maximum Gasteiger partial charge on any atom is 0.242 e. The Bertz CT molecular complexity index is 451. The van der Waals surface area contributed by atoms with Crippen LogP contribution in [0.1, 0.15) is 12.8 Å². The average molecular weight is 351 g/mol. The summed E-state index contributed by atoms with van der Waals surface area (Å²) in [7, 11) is 3.88. The van der Waals surface area contributed by atoms with Crippen molar-refractivity contribution in [3.63, 3.8) is 0 Å². The molecule has 0 spiro atoms. The van der Waals surface area contributed by atoms with Crippen molar-refractivity contribution < 1.29 is 9.53 Å². The highest BCUT2D eigenvalue weighted by molar-refractivity contribution is 5.94. The van der Waals surface area contributed by atoms with Crippen molar-refractivity contribution in [2.45, 2.75) is 18.9 Å². The van der Waals surface area contributed by atoms with Crippen molar-refractivity contribution in [3.8, 4) is 0 Å². The highest BCUT2D eigenvalue weighted by Gasteiger charge is 2.26. The number of carbonyl (C=O) groups excluding carboxylic acids is 1. The van der Waals surface area contributed by atoms with Gasteiger partial charge in [0.15, 0.2) is 0 Å². The van der Waals surface area contributed by atoms with Gasteiger partial charge in [-0.3, -0.25) is 4.79 Å². The van der Waals surface area contributed by atoms with Crippen molar-refractivity contribution in [2.75, 3.05) is 37.5 Å². The molecule has 8 heteroatoms. The van der Waals surface area contributed by atoms with Gasteiger partial charge in [0.2, 0.25) is 5.91 Å². The van der Waals surface area contributed by atoms with E-state index in [0.29, 0.717) is 19.0 Å². The number of hydrogen-bond acceptors (Lipinski definition) is 5. The first-order chi connectivity index (χ1) is 9.58. The molecule has 1 saturated heterocycles. The summed E-state index contributed by atoms with van der Waals surface area (Å²) in [6, 6.07) is 3.18. The maximum atomic E-state index is 12.1. The van der Waals surface area contributed by atoms with Crippen LogP contribution in [0.5, 0.6) is 0 Å². The van der Waals surface area contributed by atoms with Crippen LogP contribution >= 0.6 is 24.8 Å². The van der Waals surface area contributed by atoms with Crippen LogP contribution in [0.4, 0.5) is 11.5 Å². The fourth-order valence-electron chi connectivity index (χ4n) is 2.22. The molecule has 1 aliphatic rings. The van der Waals surface area contributed by atoms with Gasteiger partial charge in [0, 0.05) is 27.3 Å².